The molecule has 0 aromatic heterocycles. The van der Waals surface area contributed by atoms with Crippen LogP contribution < -0.4 is 5.32 Å². The molecule has 3 rings (SSSR count). The summed E-state index contributed by atoms with van der Waals surface area (Å²) in [6.07, 6.45) is 5.02. The lowest BCUT2D eigenvalue weighted by Gasteiger charge is -2.26. The van der Waals surface area contributed by atoms with Crippen LogP contribution in [0.5, 0.6) is 0 Å². The molecule has 2 N–H and O–H groups in total. The molecule has 4 atom stereocenters. The highest BCUT2D eigenvalue weighted by Gasteiger charge is 2.49. The zero-order valence-corrected chi connectivity index (χ0v) is 12.7. The number of carbonyl (C=O) groups excluding carboxylic acids is 1. The average molecular weight is 324 g/mol. The number of anilines is 1. The molecule has 1 saturated carbocycles. The molecular weight excluding hydrogens is 309 g/mol. The Labute approximate surface area is 133 Å². The summed E-state index contributed by atoms with van der Waals surface area (Å²) in [5.41, 5.74) is 0.600. The number of rotatable bonds is 3. The first-order valence-corrected chi connectivity index (χ1v) is 7.55. The third-order valence-corrected chi connectivity index (χ3v) is 5.07. The van der Waals surface area contributed by atoms with E-state index in [4.69, 9.17) is 23.2 Å². The largest absolute Gasteiger partial charge is 0.513 e. The first-order chi connectivity index (χ1) is 9.97. The van der Waals surface area contributed by atoms with E-state index in [-0.39, 0.29) is 35.3 Å². The van der Waals surface area contributed by atoms with Crippen molar-refractivity contribution in [2.24, 2.45) is 23.7 Å². The Bertz CT molecular complexity index is 641. The van der Waals surface area contributed by atoms with Crippen LogP contribution in [0.25, 0.3) is 0 Å². The molecule has 0 heterocycles. The van der Waals surface area contributed by atoms with Crippen LogP contribution in [0, 0.1) is 23.7 Å². The van der Waals surface area contributed by atoms with Crippen molar-refractivity contribution in [3.05, 3.63) is 52.7 Å². The molecule has 1 aromatic carbocycles. The Morgan fingerprint density at radius 2 is 1.86 bits per heavy atom. The van der Waals surface area contributed by atoms with Gasteiger partial charge in [-0.05, 0) is 36.5 Å². The number of allylic oxidation sites excluding steroid dienone is 3. The van der Waals surface area contributed by atoms with E-state index in [1.165, 1.54) is 0 Å². The third-order valence-electron chi connectivity index (χ3n) is 4.33. The summed E-state index contributed by atoms with van der Waals surface area (Å²) in [4.78, 5) is 12.5. The van der Waals surface area contributed by atoms with E-state index < -0.39 is 0 Å². The van der Waals surface area contributed by atoms with Gasteiger partial charge in [0, 0.05) is 11.6 Å². The molecule has 0 radical (unpaired) electrons. The summed E-state index contributed by atoms with van der Waals surface area (Å²) in [6, 6.07) is 4.97. The predicted molar refractivity (Wildman–Crippen MR) is 84.6 cm³/mol. The monoisotopic (exact) mass is 323 g/mol. The van der Waals surface area contributed by atoms with Crippen molar-refractivity contribution in [2.75, 3.05) is 5.32 Å². The molecule has 21 heavy (non-hydrogen) atoms. The Morgan fingerprint density at radius 1 is 1.19 bits per heavy atom. The minimum Gasteiger partial charge on any atom is -0.513 e. The van der Waals surface area contributed by atoms with Gasteiger partial charge in [-0.3, -0.25) is 4.79 Å². The van der Waals surface area contributed by atoms with E-state index >= 15 is 0 Å². The minimum atomic E-state index is -0.285. The maximum Gasteiger partial charge on any atom is 0.228 e. The summed E-state index contributed by atoms with van der Waals surface area (Å²) in [7, 11) is 0. The average Bonchev–Trinajstić information content (AvgIpc) is 3.03. The number of hydrogen-bond acceptors (Lipinski definition) is 2. The van der Waals surface area contributed by atoms with Crippen LogP contribution in [0.4, 0.5) is 5.69 Å². The van der Waals surface area contributed by atoms with Crippen LogP contribution in [0.15, 0.2) is 42.7 Å². The smallest absolute Gasteiger partial charge is 0.228 e. The summed E-state index contributed by atoms with van der Waals surface area (Å²) in [5, 5.41) is 13.5. The van der Waals surface area contributed by atoms with Crippen molar-refractivity contribution in [3.63, 3.8) is 0 Å². The van der Waals surface area contributed by atoms with E-state index in [1.54, 1.807) is 18.2 Å². The highest BCUT2D eigenvalue weighted by molar-refractivity contribution is 6.42. The molecule has 2 aliphatic carbocycles. The van der Waals surface area contributed by atoms with Crippen molar-refractivity contribution in [1.82, 2.24) is 0 Å². The molecule has 110 valence electrons. The Morgan fingerprint density at radius 3 is 2.48 bits per heavy atom. The number of hydrogen-bond donors (Lipinski definition) is 2. The van der Waals surface area contributed by atoms with Crippen LogP contribution in [-0.2, 0) is 4.79 Å². The van der Waals surface area contributed by atoms with Gasteiger partial charge in [0.15, 0.2) is 0 Å². The van der Waals surface area contributed by atoms with Gasteiger partial charge in [0.2, 0.25) is 5.91 Å². The van der Waals surface area contributed by atoms with E-state index in [9.17, 15) is 9.90 Å². The predicted octanol–water partition coefficient (Wildman–Crippen LogP) is 4.44. The van der Waals surface area contributed by atoms with Gasteiger partial charge in [-0.2, -0.15) is 0 Å². The number of amides is 1. The van der Waals surface area contributed by atoms with Crippen LogP contribution in [-0.4, -0.2) is 11.0 Å². The first-order valence-electron chi connectivity index (χ1n) is 6.79. The van der Waals surface area contributed by atoms with Gasteiger partial charge in [0.25, 0.3) is 0 Å². The van der Waals surface area contributed by atoms with Crippen LogP contribution in [0.2, 0.25) is 10.0 Å². The van der Waals surface area contributed by atoms with Gasteiger partial charge < -0.3 is 10.4 Å². The molecule has 1 aromatic rings. The maximum atomic E-state index is 12.5. The topological polar surface area (TPSA) is 49.3 Å². The van der Waals surface area contributed by atoms with Crippen molar-refractivity contribution >= 4 is 34.8 Å². The third kappa shape index (κ3) is 2.56. The van der Waals surface area contributed by atoms with Gasteiger partial charge >= 0.3 is 0 Å². The first kappa shape index (κ1) is 14.5. The maximum absolute atomic E-state index is 12.5. The molecular formula is C16H15Cl2NO2. The molecule has 5 heteroatoms. The SMILES string of the molecule is C=C(O)C1C2C=CC(C2)C1C(=O)Nc1ccc(Cl)c(Cl)c1. The van der Waals surface area contributed by atoms with Crippen molar-refractivity contribution in [2.45, 2.75) is 6.42 Å². The number of carbonyl (C=O) groups is 1. The Hall–Kier alpha value is -1.45. The lowest BCUT2D eigenvalue weighted by Crippen LogP contribution is -2.33. The van der Waals surface area contributed by atoms with Gasteiger partial charge in [-0.25, -0.2) is 0 Å². The number of fused-ring (bicyclic) bond motifs is 2. The van der Waals surface area contributed by atoms with Crippen LogP contribution in [0.1, 0.15) is 6.42 Å². The fourth-order valence-electron chi connectivity index (χ4n) is 3.43. The van der Waals surface area contributed by atoms with Gasteiger partial charge in [-0.15, -0.1) is 0 Å². The summed E-state index contributed by atoms with van der Waals surface area (Å²) >= 11 is 11.8. The van der Waals surface area contributed by atoms with E-state index in [0.717, 1.165) is 6.42 Å². The zero-order chi connectivity index (χ0) is 15.1. The minimum absolute atomic E-state index is 0.0844. The Kier molecular flexibility index (Phi) is 3.72. The van der Waals surface area contributed by atoms with Crippen LogP contribution >= 0.6 is 23.2 Å². The second-order valence-corrected chi connectivity index (χ2v) is 6.42. The summed E-state index contributed by atoms with van der Waals surface area (Å²) < 4.78 is 0. The fourth-order valence-corrected chi connectivity index (χ4v) is 3.73. The van der Waals surface area contributed by atoms with Crippen molar-refractivity contribution in [1.29, 1.82) is 0 Å². The quantitative estimate of drug-likeness (QED) is 0.638. The molecule has 0 aliphatic heterocycles. The van der Waals surface area contributed by atoms with E-state index in [1.807, 2.05) is 0 Å². The van der Waals surface area contributed by atoms with Crippen molar-refractivity contribution < 1.29 is 9.90 Å². The fraction of sp³-hybridized carbons (Fsp3) is 0.312. The van der Waals surface area contributed by atoms with Gasteiger partial charge in [0.1, 0.15) is 0 Å². The second kappa shape index (κ2) is 5.39. The highest BCUT2D eigenvalue weighted by Crippen LogP contribution is 2.50. The zero-order valence-electron chi connectivity index (χ0n) is 11.2. The number of halogens is 2. The number of nitrogens with one attached hydrogen (secondary N) is 1. The molecule has 3 nitrogen and oxygen atoms in total. The number of aliphatic hydroxyl groups is 1. The molecule has 1 fully saturated rings. The normalized spacial score (nSPS) is 29.6. The lowest BCUT2D eigenvalue weighted by atomic mass is 9.81. The molecule has 2 bridgehead atoms. The second-order valence-electron chi connectivity index (χ2n) is 5.61. The van der Waals surface area contributed by atoms with Crippen molar-refractivity contribution in [3.8, 4) is 0 Å². The highest BCUT2D eigenvalue weighted by atomic mass is 35.5. The standard InChI is InChI=1S/C16H15Cl2NO2/c1-8(20)14-9-2-3-10(6-9)15(14)16(21)19-11-4-5-12(17)13(18)7-11/h2-5,7,9-10,14-15,20H,1,6H2,(H,19,21). The summed E-state index contributed by atoms with van der Waals surface area (Å²) in [6.45, 7) is 3.62. The molecule has 0 spiro atoms. The van der Waals surface area contributed by atoms with Crippen LogP contribution in [0.3, 0.4) is 0 Å². The lowest BCUT2D eigenvalue weighted by molar-refractivity contribution is -0.121. The van der Waals surface area contributed by atoms with E-state index in [2.05, 4.69) is 24.0 Å². The van der Waals surface area contributed by atoms with Gasteiger partial charge in [0.05, 0.1) is 21.7 Å². The van der Waals surface area contributed by atoms with Gasteiger partial charge in [-0.1, -0.05) is 41.9 Å². The Balaban J connectivity index is 1.80. The number of benzene rings is 1. The number of aliphatic hydroxyl groups excluding tert-OH is 1. The van der Waals surface area contributed by atoms with E-state index in [0.29, 0.717) is 15.7 Å². The molecule has 1 amide bonds. The molecule has 2 aliphatic rings. The summed E-state index contributed by atoms with van der Waals surface area (Å²) in [5.74, 6) is -0.162. The molecule has 0 saturated heterocycles. The molecule has 4 unspecified atom stereocenters.